The van der Waals surface area contributed by atoms with Crippen LogP contribution in [0.1, 0.15) is 31.4 Å². The highest BCUT2D eigenvalue weighted by Gasteiger charge is 2.34. The summed E-state index contributed by atoms with van der Waals surface area (Å²) in [5.41, 5.74) is 0.447. The summed E-state index contributed by atoms with van der Waals surface area (Å²) >= 11 is 12.3. The Balaban J connectivity index is 1.43. The Morgan fingerprint density at radius 2 is 0.938 bits per heavy atom. The van der Waals surface area contributed by atoms with Gasteiger partial charge in [-0.15, -0.1) is 0 Å². The highest BCUT2D eigenvalue weighted by molar-refractivity contribution is 6.34. The summed E-state index contributed by atoms with van der Waals surface area (Å²) < 4.78 is 0. The van der Waals surface area contributed by atoms with E-state index < -0.39 is 94.2 Å². The van der Waals surface area contributed by atoms with Crippen molar-refractivity contribution in [2.75, 3.05) is 10.6 Å². The molecule has 4 rings (SSSR count). The van der Waals surface area contributed by atoms with Crippen LogP contribution in [-0.4, -0.2) is 103 Å². The van der Waals surface area contributed by atoms with E-state index in [0.717, 1.165) is 38.1 Å². The van der Waals surface area contributed by atoms with Gasteiger partial charge in [0, 0.05) is 37.1 Å². The number of benzene rings is 4. The number of aliphatic hydroxyl groups excluding tert-OH is 3. The molecule has 0 saturated carbocycles. The van der Waals surface area contributed by atoms with Crippen LogP contribution in [0.4, 0.5) is 22.7 Å². The summed E-state index contributed by atoms with van der Waals surface area (Å²) in [4.78, 5) is 101. The topological polar surface area (TPSA) is 322 Å². The van der Waals surface area contributed by atoms with Crippen LogP contribution in [0.25, 0.3) is 0 Å². The van der Waals surface area contributed by atoms with Crippen LogP contribution in [0.15, 0.2) is 97.1 Å². The number of aliphatic hydroxyl groups is 3. The van der Waals surface area contributed by atoms with E-state index in [1.54, 1.807) is 60.7 Å². The number of carbonyl (C=O) groups excluding carboxylic acids is 6. The predicted octanol–water partition coefficient (Wildman–Crippen LogP) is 2.32. The molecule has 7 atom stereocenters. The predicted molar refractivity (Wildman–Crippen MR) is 235 cm³/mol. The molecular weight excluding hydrogens is 895 g/mol. The molecule has 21 nitrogen and oxygen atoms in total. The number of nitro groups is 2. The molecule has 0 bridgehead atoms. The van der Waals surface area contributed by atoms with Crippen molar-refractivity contribution in [1.82, 2.24) is 21.3 Å². The minimum absolute atomic E-state index is 0.0138. The number of nitro benzene ring substituents is 2. The van der Waals surface area contributed by atoms with Gasteiger partial charge in [0.2, 0.25) is 35.4 Å². The van der Waals surface area contributed by atoms with Crippen molar-refractivity contribution in [3.05, 3.63) is 138 Å². The van der Waals surface area contributed by atoms with Gasteiger partial charge in [0.05, 0.1) is 49.9 Å². The van der Waals surface area contributed by atoms with Crippen LogP contribution >= 0.6 is 23.2 Å². The van der Waals surface area contributed by atoms with Crippen molar-refractivity contribution in [3.8, 4) is 0 Å². The second-order valence-electron chi connectivity index (χ2n) is 14.6. The van der Waals surface area contributed by atoms with Gasteiger partial charge in [-0.2, -0.15) is 0 Å². The van der Waals surface area contributed by atoms with Crippen LogP contribution < -0.4 is 31.9 Å². The van der Waals surface area contributed by atoms with Crippen molar-refractivity contribution >= 4 is 81.4 Å². The molecule has 4 aromatic rings. The number of non-ortho nitro benzene ring substituents is 2. The van der Waals surface area contributed by atoms with Crippen molar-refractivity contribution in [2.24, 2.45) is 0 Å². The molecule has 0 heterocycles. The van der Waals surface area contributed by atoms with Gasteiger partial charge in [0.25, 0.3) is 11.4 Å². The zero-order valence-corrected chi connectivity index (χ0v) is 36.0. The van der Waals surface area contributed by atoms with E-state index >= 15 is 0 Å². The maximum absolute atomic E-state index is 13.6. The molecule has 0 aliphatic heterocycles. The Morgan fingerprint density at radius 1 is 0.554 bits per heavy atom. The molecule has 0 aliphatic carbocycles. The number of hydrogen-bond donors (Lipinski definition) is 9. The lowest BCUT2D eigenvalue weighted by Crippen LogP contribution is -2.59. The summed E-state index contributed by atoms with van der Waals surface area (Å²) in [7, 11) is 0. The molecule has 0 spiro atoms. The average molecular weight is 940 g/mol. The van der Waals surface area contributed by atoms with E-state index in [2.05, 4.69) is 31.9 Å². The Hall–Kier alpha value is -7.04. The number of rotatable bonds is 21. The maximum Gasteiger partial charge on any atom is 0.271 e. The van der Waals surface area contributed by atoms with Crippen molar-refractivity contribution in [1.29, 1.82) is 0 Å². The first-order valence-corrected chi connectivity index (χ1v) is 20.3. The van der Waals surface area contributed by atoms with Gasteiger partial charge in [-0.05, 0) is 37.1 Å². The molecule has 0 fully saturated rings. The number of nitrogens with one attached hydrogen (secondary N) is 6. The normalized spacial score (nSPS) is 14.1. The van der Waals surface area contributed by atoms with E-state index in [4.69, 9.17) is 23.2 Å². The van der Waals surface area contributed by atoms with E-state index in [1.165, 1.54) is 12.1 Å². The lowest BCUT2D eigenvalue weighted by Gasteiger charge is -2.26. The summed E-state index contributed by atoms with van der Waals surface area (Å²) in [6.45, 7) is 2.28. The monoisotopic (exact) mass is 938 g/mol. The largest absolute Gasteiger partial charge is 0.391 e. The summed E-state index contributed by atoms with van der Waals surface area (Å²) in [6, 6.07) is 17.1. The van der Waals surface area contributed by atoms with Gasteiger partial charge < -0.3 is 47.2 Å². The van der Waals surface area contributed by atoms with Gasteiger partial charge in [-0.1, -0.05) is 83.9 Å². The summed E-state index contributed by atoms with van der Waals surface area (Å²) in [5.74, 6) is -6.27. The second-order valence-corrected chi connectivity index (χ2v) is 15.4. The molecule has 0 radical (unpaired) electrons. The Morgan fingerprint density at radius 3 is 1.29 bits per heavy atom. The molecule has 23 heteroatoms. The fourth-order valence-electron chi connectivity index (χ4n) is 6.08. The highest BCUT2D eigenvalue weighted by atomic mass is 35.5. The number of nitrogens with zero attached hydrogens (tertiary/aromatic N) is 2. The SMILES string of the molecule is CC(O)[C@H](NC(=O)C[C@@H](O)C(=O)N[C@H](C(=O)N[C@@H](Cc1ccccc1)C(=O)Nc1ccc([N+](=O)[O-])cc1Cl)C(C)O)C(=O)NC(Cc1ccccc1)C(=O)Nc1ccc([N+](=O)[O-])cc1Cl. The van der Waals surface area contributed by atoms with Crippen LogP contribution in [0.3, 0.4) is 0 Å². The Bertz CT molecular complexity index is 2390. The van der Waals surface area contributed by atoms with Gasteiger partial charge in [-0.3, -0.25) is 49.0 Å². The van der Waals surface area contributed by atoms with Crippen molar-refractivity contribution < 1.29 is 53.9 Å². The van der Waals surface area contributed by atoms with Crippen LogP contribution in [-0.2, 0) is 41.6 Å². The number of carbonyl (C=O) groups is 6. The first-order valence-electron chi connectivity index (χ1n) is 19.6. The van der Waals surface area contributed by atoms with Gasteiger partial charge in [0.15, 0.2) is 0 Å². The molecular formula is C42H44Cl2N8O13. The third kappa shape index (κ3) is 15.0. The molecule has 344 valence electrons. The average Bonchev–Trinajstić information content (AvgIpc) is 3.25. The van der Waals surface area contributed by atoms with Crippen LogP contribution in [0.5, 0.6) is 0 Å². The minimum Gasteiger partial charge on any atom is -0.391 e. The standard InChI is InChI=1S/C42H44Cl2N8O13/c1-22(53)36(41(60)47-32(17-24-9-5-3-6-10-24)38(57)45-30-15-13-26(51(62)63)19-28(30)43)49-35(56)21-34(55)40(59)50-37(23(2)54)42(61)48-33(18-25-11-7-4-8-12-25)39(58)46-31-16-14-27(52(64)65)20-29(31)44/h3-16,19-20,22-23,32-34,36-37,53-55H,17-18,21H2,1-2H3,(H,45,57)(H,46,58)(H,47,60)(H,48,61)(H,49,56)(H,50,59)/t22?,23?,32?,33-,34+,36-,37-/m0/s1. The molecule has 4 aromatic carbocycles. The van der Waals surface area contributed by atoms with E-state index in [-0.39, 0.29) is 45.6 Å². The minimum atomic E-state index is -2.20. The third-order valence-corrected chi connectivity index (χ3v) is 10.1. The highest BCUT2D eigenvalue weighted by Crippen LogP contribution is 2.28. The Labute approximate surface area is 380 Å². The quantitative estimate of drug-likeness (QED) is 0.0429. The molecule has 9 N–H and O–H groups in total. The van der Waals surface area contributed by atoms with E-state index in [9.17, 15) is 64.3 Å². The lowest BCUT2D eigenvalue weighted by molar-refractivity contribution is -0.385. The maximum atomic E-state index is 13.6. The zero-order chi connectivity index (χ0) is 48.0. The number of amides is 6. The smallest absolute Gasteiger partial charge is 0.271 e. The fraction of sp³-hybridized carbons (Fsp3) is 0.286. The first kappa shape index (κ1) is 50.6. The van der Waals surface area contributed by atoms with Gasteiger partial charge >= 0.3 is 0 Å². The molecule has 0 aromatic heterocycles. The summed E-state index contributed by atoms with van der Waals surface area (Å²) in [6.07, 6.45) is -6.68. The van der Waals surface area contributed by atoms with E-state index in [1.807, 2.05) is 0 Å². The number of hydrogen-bond acceptors (Lipinski definition) is 13. The molecule has 0 aliphatic rings. The summed E-state index contributed by atoms with van der Waals surface area (Å²) in [5, 5.41) is 67.9. The second kappa shape index (κ2) is 23.6. The van der Waals surface area contributed by atoms with Gasteiger partial charge in [0.1, 0.15) is 30.3 Å². The van der Waals surface area contributed by atoms with Crippen molar-refractivity contribution in [2.45, 2.75) is 75.6 Å². The van der Waals surface area contributed by atoms with E-state index in [0.29, 0.717) is 11.1 Å². The fourth-order valence-corrected chi connectivity index (χ4v) is 6.52. The molecule has 65 heavy (non-hydrogen) atoms. The molecule has 3 unspecified atom stereocenters. The lowest BCUT2D eigenvalue weighted by atomic mass is 10.0. The zero-order valence-electron chi connectivity index (χ0n) is 34.5. The van der Waals surface area contributed by atoms with Crippen molar-refractivity contribution in [3.63, 3.8) is 0 Å². The van der Waals surface area contributed by atoms with Gasteiger partial charge in [-0.25, -0.2) is 0 Å². The number of anilines is 2. The Kier molecular flexibility index (Phi) is 18.4. The molecule has 0 saturated heterocycles. The first-order chi connectivity index (χ1) is 30.7. The number of halogens is 2. The third-order valence-electron chi connectivity index (χ3n) is 9.50. The van der Waals surface area contributed by atoms with Crippen LogP contribution in [0.2, 0.25) is 10.0 Å². The van der Waals surface area contributed by atoms with Crippen LogP contribution in [0, 0.1) is 20.2 Å². The molecule has 6 amide bonds.